The number of rotatable bonds is 19. The number of hydrogen-bond donors (Lipinski definition) is 7. The van der Waals surface area contributed by atoms with Crippen LogP contribution in [0.25, 0.3) is 0 Å². The van der Waals surface area contributed by atoms with Gasteiger partial charge in [0.1, 0.15) is 18.1 Å². The summed E-state index contributed by atoms with van der Waals surface area (Å²) in [6, 6.07) is 4.76. The molecule has 1 aromatic rings. The first-order chi connectivity index (χ1) is 18.1. The lowest BCUT2D eigenvalue weighted by molar-refractivity contribution is -0.142. The Morgan fingerprint density at radius 3 is 2.00 bits per heavy atom. The third-order valence-electron chi connectivity index (χ3n) is 5.75. The molecule has 0 saturated heterocycles. The molecule has 38 heavy (non-hydrogen) atoms. The lowest BCUT2D eigenvalue weighted by atomic mass is 10.0. The van der Waals surface area contributed by atoms with Crippen LogP contribution in [0.1, 0.15) is 44.1 Å². The van der Waals surface area contributed by atoms with Gasteiger partial charge in [-0.15, -0.1) is 0 Å². The lowest BCUT2D eigenvalue weighted by Gasteiger charge is -2.25. The molecule has 4 amide bonds. The molecule has 0 bridgehead atoms. The summed E-state index contributed by atoms with van der Waals surface area (Å²) in [5, 5.41) is 17.1. The smallest absolute Gasteiger partial charge is 0.326 e. The van der Waals surface area contributed by atoms with Crippen LogP contribution in [0.4, 0.5) is 0 Å². The monoisotopic (exact) mass is 552 g/mol. The van der Waals surface area contributed by atoms with Crippen molar-refractivity contribution in [2.24, 2.45) is 17.2 Å². The fourth-order valence-electron chi connectivity index (χ4n) is 3.59. The van der Waals surface area contributed by atoms with Gasteiger partial charge in [0.2, 0.25) is 23.6 Å². The van der Waals surface area contributed by atoms with E-state index in [2.05, 4.69) is 16.0 Å². The SMILES string of the molecule is CSCCC(NC(=O)C(CCCCN)NC(=O)C(CCC(N)=O)NC(=O)C(N)Cc1ccccc1)C(=O)O. The van der Waals surface area contributed by atoms with Gasteiger partial charge < -0.3 is 38.3 Å². The molecule has 0 fully saturated rings. The summed E-state index contributed by atoms with van der Waals surface area (Å²) in [5.74, 6) is -3.31. The number of carboxylic acid groups (broad SMARTS) is 1. The Labute approximate surface area is 227 Å². The van der Waals surface area contributed by atoms with Gasteiger partial charge in [0.25, 0.3) is 0 Å². The van der Waals surface area contributed by atoms with Crippen LogP contribution in [0.5, 0.6) is 0 Å². The van der Waals surface area contributed by atoms with E-state index in [0.29, 0.717) is 25.1 Å². The Balaban J connectivity index is 2.98. The molecule has 12 nitrogen and oxygen atoms in total. The number of benzene rings is 1. The van der Waals surface area contributed by atoms with Crippen molar-refractivity contribution in [1.29, 1.82) is 0 Å². The zero-order valence-electron chi connectivity index (χ0n) is 21.7. The molecule has 0 aliphatic heterocycles. The van der Waals surface area contributed by atoms with Crippen LogP contribution in [-0.4, -0.2) is 77.4 Å². The number of amides is 4. The van der Waals surface area contributed by atoms with Gasteiger partial charge in [0.15, 0.2) is 0 Å². The number of aliphatic carboxylic acids is 1. The van der Waals surface area contributed by atoms with E-state index >= 15 is 0 Å². The molecule has 0 aliphatic carbocycles. The molecule has 0 radical (unpaired) electrons. The molecule has 4 unspecified atom stereocenters. The number of nitrogens with one attached hydrogen (secondary N) is 3. The van der Waals surface area contributed by atoms with Crippen LogP contribution < -0.4 is 33.2 Å². The van der Waals surface area contributed by atoms with Crippen molar-refractivity contribution in [3.8, 4) is 0 Å². The van der Waals surface area contributed by atoms with Gasteiger partial charge in [-0.1, -0.05) is 30.3 Å². The highest BCUT2D eigenvalue weighted by Gasteiger charge is 2.30. The summed E-state index contributed by atoms with van der Waals surface area (Å²) < 4.78 is 0. The highest BCUT2D eigenvalue weighted by molar-refractivity contribution is 7.98. The highest BCUT2D eigenvalue weighted by atomic mass is 32.2. The summed E-state index contributed by atoms with van der Waals surface area (Å²) >= 11 is 1.44. The molecule has 0 spiro atoms. The van der Waals surface area contributed by atoms with E-state index in [1.807, 2.05) is 36.6 Å². The van der Waals surface area contributed by atoms with Crippen LogP contribution in [0, 0.1) is 0 Å². The first-order valence-electron chi connectivity index (χ1n) is 12.5. The number of unbranched alkanes of at least 4 members (excludes halogenated alkanes) is 1. The predicted octanol–water partition coefficient (Wildman–Crippen LogP) is -0.757. The maximum Gasteiger partial charge on any atom is 0.326 e. The van der Waals surface area contributed by atoms with Gasteiger partial charge in [0.05, 0.1) is 6.04 Å². The second-order valence-corrected chi connectivity index (χ2v) is 9.87. The highest BCUT2D eigenvalue weighted by Crippen LogP contribution is 2.08. The molecule has 1 rings (SSSR count). The second-order valence-electron chi connectivity index (χ2n) is 8.89. The first kappa shape index (κ1) is 32.9. The molecule has 13 heteroatoms. The van der Waals surface area contributed by atoms with Crippen molar-refractivity contribution in [2.75, 3.05) is 18.6 Å². The zero-order chi connectivity index (χ0) is 28.5. The molecular weight excluding hydrogens is 512 g/mol. The van der Waals surface area contributed by atoms with Crippen molar-refractivity contribution < 1.29 is 29.1 Å². The Bertz CT molecular complexity index is 919. The van der Waals surface area contributed by atoms with E-state index in [1.54, 1.807) is 0 Å². The third kappa shape index (κ3) is 12.9. The minimum Gasteiger partial charge on any atom is -0.480 e. The summed E-state index contributed by atoms with van der Waals surface area (Å²) in [4.78, 5) is 61.9. The summed E-state index contributed by atoms with van der Waals surface area (Å²) in [6.07, 6.45) is 3.26. The van der Waals surface area contributed by atoms with Crippen molar-refractivity contribution in [1.82, 2.24) is 16.0 Å². The fourth-order valence-corrected chi connectivity index (χ4v) is 4.07. The van der Waals surface area contributed by atoms with Gasteiger partial charge in [-0.2, -0.15) is 11.8 Å². The number of carboxylic acids is 1. The number of nitrogens with two attached hydrogens (primary N) is 3. The third-order valence-corrected chi connectivity index (χ3v) is 6.40. The maximum absolute atomic E-state index is 13.2. The molecule has 0 aromatic heterocycles. The van der Waals surface area contributed by atoms with Gasteiger partial charge in [-0.25, -0.2) is 4.79 Å². The molecule has 0 heterocycles. The quantitative estimate of drug-likeness (QED) is 0.107. The fraction of sp³-hybridized carbons (Fsp3) is 0.560. The van der Waals surface area contributed by atoms with E-state index in [0.717, 1.165) is 5.56 Å². The van der Waals surface area contributed by atoms with Crippen molar-refractivity contribution in [2.45, 2.75) is 69.1 Å². The number of carbonyl (C=O) groups excluding carboxylic acids is 4. The average molecular weight is 553 g/mol. The topological polar surface area (TPSA) is 220 Å². The van der Waals surface area contributed by atoms with Gasteiger partial charge in [-0.05, 0) is 62.6 Å². The number of primary amides is 1. The van der Waals surface area contributed by atoms with Crippen LogP contribution >= 0.6 is 11.8 Å². The average Bonchev–Trinajstić information content (AvgIpc) is 2.88. The Hall–Kier alpha value is -3.16. The summed E-state index contributed by atoms with van der Waals surface area (Å²) in [5.41, 5.74) is 17.7. The molecule has 0 aliphatic rings. The normalized spacial score (nSPS) is 14.0. The van der Waals surface area contributed by atoms with Crippen molar-refractivity contribution >= 4 is 41.4 Å². The minimum absolute atomic E-state index is 0.104. The summed E-state index contributed by atoms with van der Waals surface area (Å²) in [6.45, 7) is 0.379. The number of carbonyl (C=O) groups is 5. The van der Waals surface area contributed by atoms with Crippen LogP contribution in [0.15, 0.2) is 30.3 Å². The Kier molecular flexibility index (Phi) is 15.7. The molecule has 1 aromatic carbocycles. The van der Waals surface area contributed by atoms with Crippen LogP contribution in [0.2, 0.25) is 0 Å². The Morgan fingerprint density at radius 2 is 1.45 bits per heavy atom. The van der Waals surface area contributed by atoms with Crippen molar-refractivity contribution in [3.63, 3.8) is 0 Å². The van der Waals surface area contributed by atoms with Gasteiger partial charge >= 0.3 is 5.97 Å². The largest absolute Gasteiger partial charge is 0.480 e. The standard InChI is InChI=1S/C25H40N6O6S/c1-38-14-12-20(25(36)37)31-23(34)18(9-5-6-13-26)30-24(35)19(10-11-21(28)32)29-22(33)17(27)15-16-7-3-2-4-8-16/h2-4,7-8,17-20H,5-6,9-15,26-27H2,1H3,(H2,28,32)(H,29,33)(H,30,35)(H,31,34)(H,36,37). The van der Waals surface area contributed by atoms with E-state index in [1.165, 1.54) is 11.8 Å². The Morgan fingerprint density at radius 1 is 0.868 bits per heavy atom. The van der Waals surface area contributed by atoms with Gasteiger partial charge in [-0.3, -0.25) is 19.2 Å². The molecule has 10 N–H and O–H groups in total. The minimum atomic E-state index is -1.19. The summed E-state index contributed by atoms with van der Waals surface area (Å²) in [7, 11) is 0. The second kappa shape index (κ2) is 18.2. The maximum atomic E-state index is 13.2. The van der Waals surface area contributed by atoms with Gasteiger partial charge in [0, 0.05) is 6.42 Å². The number of hydrogen-bond acceptors (Lipinski definition) is 8. The molecule has 0 saturated carbocycles. The zero-order valence-corrected chi connectivity index (χ0v) is 22.5. The predicted molar refractivity (Wildman–Crippen MR) is 146 cm³/mol. The van der Waals surface area contributed by atoms with Crippen LogP contribution in [-0.2, 0) is 30.4 Å². The van der Waals surface area contributed by atoms with E-state index in [-0.39, 0.29) is 32.1 Å². The lowest BCUT2D eigenvalue weighted by Crippen LogP contribution is -2.57. The van der Waals surface area contributed by atoms with E-state index in [9.17, 15) is 29.1 Å². The van der Waals surface area contributed by atoms with Crippen LogP contribution in [0.3, 0.4) is 0 Å². The van der Waals surface area contributed by atoms with E-state index in [4.69, 9.17) is 17.2 Å². The molecular formula is C25H40N6O6S. The van der Waals surface area contributed by atoms with E-state index < -0.39 is 53.8 Å². The number of thioether (sulfide) groups is 1. The van der Waals surface area contributed by atoms with Crippen molar-refractivity contribution in [3.05, 3.63) is 35.9 Å². The molecule has 212 valence electrons. The molecule has 4 atom stereocenters. The first-order valence-corrected chi connectivity index (χ1v) is 13.9.